The van der Waals surface area contributed by atoms with E-state index in [-0.39, 0.29) is 11.3 Å². The highest BCUT2D eigenvalue weighted by molar-refractivity contribution is 7.09. The molecule has 1 saturated carbocycles. The molecule has 1 aromatic carbocycles. The summed E-state index contributed by atoms with van der Waals surface area (Å²) in [5.41, 5.74) is 4.27. The monoisotopic (exact) mass is 358 g/mol. The zero-order valence-corrected chi connectivity index (χ0v) is 15.8. The Morgan fingerprint density at radius 2 is 2.00 bits per heavy atom. The van der Waals surface area contributed by atoms with Gasteiger partial charge in [-0.1, -0.05) is 25.0 Å². The molecule has 1 aliphatic rings. The third kappa shape index (κ3) is 4.21. The van der Waals surface area contributed by atoms with Crippen LogP contribution in [-0.4, -0.2) is 24.5 Å². The van der Waals surface area contributed by atoms with E-state index in [9.17, 15) is 4.79 Å². The van der Waals surface area contributed by atoms with E-state index in [1.165, 1.54) is 23.3 Å². The number of benzene rings is 1. The zero-order chi connectivity index (χ0) is 17.7. The van der Waals surface area contributed by atoms with Gasteiger partial charge in [-0.3, -0.25) is 4.79 Å². The molecule has 1 aliphatic carbocycles. The number of ether oxygens (including phenoxy) is 1. The Morgan fingerprint density at radius 3 is 2.60 bits per heavy atom. The molecule has 1 amide bonds. The van der Waals surface area contributed by atoms with Gasteiger partial charge >= 0.3 is 0 Å². The van der Waals surface area contributed by atoms with Crippen LogP contribution >= 0.6 is 11.3 Å². The third-order valence-corrected chi connectivity index (χ3v) is 6.31. The molecule has 134 valence electrons. The van der Waals surface area contributed by atoms with Crippen molar-refractivity contribution in [1.82, 2.24) is 10.3 Å². The molecule has 2 aromatic rings. The summed E-state index contributed by atoms with van der Waals surface area (Å²) >= 11 is 1.63. The Morgan fingerprint density at radius 1 is 1.28 bits per heavy atom. The average Bonchev–Trinajstić information content (AvgIpc) is 3.28. The fourth-order valence-corrected chi connectivity index (χ4v) is 4.49. The Balaban J connectivity index is 1.59. The first kappa shape index (κ1) is 17.9. The molecular formula is C20H26N2O2S. The number of aryl methyl sites for hydroxylation is 2. The van der Waals surface area contributed by atoms with Crippen LogP contribution in [0.1, 0.15) is 48.2 Å². The summed E-state index contributed by atoms with van der Waals surface area (Å²) in [5, 5.41) is 3.19. The molecule has 0 atom stereocenters. The first-order chi connectivity index (χ1) is 12.1. The fraction of sp³-hybridized carbons (Fsp3) is 0.500. The van der Waals surface area contributed by atoms with Gasteiger partial charge in [-0.25, -0.2) is 4.98 Å². The number of hydrogen-bond donors (Lipinski definition) is 1. The molecule has 0 spiro atoms. The van der Waals surface area contributed by atoms with Crippen LogP contribution in [-0.2, 0) is 16.6 Å². The third-order valence-electron chi connectivity index (χ3n) is 5.31. The van der Waals surface area contributed by atoms with Crippen LogP contribution < -0.4 is 10.1 Å². The lowest BCUT2D eigenvalue weighted by Crippen LogP contribution is -2.39. The van der Waals surface area contributed by atoms with E-state index in [1.54, 1.807) is 18.4 Å². The molecule has 5 heteroatoms. The second-order valence-electron chi connectivity index (χ2n) is 6.85. The maximum atomic E-state index is 12.3. The molecule has 0 saturated heterocycles. The second kappa shape index (κ2) is 8.00. The van der Waals surface area contributed by atoms with Crippen molar-refractivity contribution in [2.75, 3.05) is 13.7 Å². The maximum absolute atomic E-state index is 12.3. The number of carbonyl (C=O) groups is 1. The van der Waals surface area contributed by atoms with Gasteiger partial charge in [0.2, 0.25) is 5.91 Å². The number of nitrogens with one attached hydrogen (secondary N) is 1. The van der Waals surface area contributed by atoms with Gasteiger partial charge in [-0.15, -0.1) is 11.3 Å². The highest BCUT2D eigenvalue weighted by Crippen LogP contribution is 2.41. The molecule has 1 N–H and O–H groups in total. The van der Waals surface area contributed by atoms with E-state index < -0.39 is 0 Å². The van der Waals surface area contributed by atoms with Crippen LogP contribution in [0.25, 0.3) is 0 Å². The minimum Gasteiger partial charge on any atom is -0.497 e. The molecule has 0 unspecified atom stereocenters. The van der Waals surface area contributed by atoms with Crippen LogP contribution in [0.2, 0.25) is 0 Å². The van der Waals surface area contributed by atoms with Gasteiger partial charge in [0, 0.05) is 23.3 Å². The van der Waals surface area contributed by atoms with Crippen molar-refractivity contribution < 1.29 is 9.53 Å². The lowest BCUT2D eigenvalue weighted by Gasteiger charge is -2.30. The van der Waals surface area contributed by atoms with Crippen molar-refractivity contribution in [2.45, 2.75) is 50.9 Å². The zero-order valence-electron chi connectivity index (χ0n) is 15.0. The summed E-state index contributed by atoms with van der Waals surface area (Å²) in [6.45, 7) is 2.72. The molecule has 25 heavy (non-hydrogen) atoms. The SMILES string of the molecule is COc1ccc(C2(CNC(=O)CCc3scnc3C)CCCC2)cc1. The topological polar surface area (TPSA) is 51.2 Å². The van der Waals surface area contributed by atoms with Crippen molar-refractivity contribution in [3.05, 3.63) is 45.9 Å². The van der Waals surface area contributed by atoms with E-state index >= 15 is 0 Å². The fourth-order valence-electron chi connectivity index (χ4n) is 3.71. The molecule has 0 bridgehead atoms. The number of thiazole rings is 1. The van der Waals surface area contributed by atoms with Crippen molar-refractivity contribution in [3.8, 4) is 5.75 Å². The van der Waals surface area contributed by atoms with E-state index in [4.69, 9.17) is 4.74 Å². The maximum Gasteiger partial charge on any atom is 0.220 e. The highest BCUT2D eigenvalue weighted by atomic mass is 32.1. The van der Waals surface area contributed by atoms with Crippen molar-refractivity contribution in [1.29, 1.82) is 0 Å². The standard InChI is InChI=1S/C20H26N2O2S/c1-15-18(25-14-22-15)9-10-19(23)21-13-20(11-3-4-12-20)16-5-7-17(24-2)8-6-16/h5-8,14H,3-4,9-13H2,1-2H3,(H,21,23). The quantitative estimate of drug-likeness (QED) is 0.813. The first-order valence-corrected chi connectivity index (χ1v) is 9.81. The Labute approximate surface area is 153 Å². The largest absolute Gasteiger partial charge is 0.497 e. The Bertz CT molecular complexity index is 703. The molecule has 4 nitrogen and oxygen atoms in total. The van der Waals surface area contributed by atoms with Crippen LogP contribution in [0.4, 0.5) is 0 Å². The summed E-state index contributed by atoms with van der Waals surface area (Å²) in [6.07, 6.45) is 6.02. The van der Waals surface area contributed by atoms with Crippen molar-refractivity contribution in [2.24, 2.45) is 0 Å². The van der Waals surface area contributed by atoms with Crippen LogP contribution in [0.5, 0.6) is 5.75 Å². The molecular weight excluding hydrogens is 332 g/mol. The van der Waals surface area contributed by atoms with Gasteiger partial charge in [0.15, 0.2) is 0 Å². The number of aromatic nitrogens is 1. The summed E-state index contributed by atoms with van der Waals surface area (Å²) in [7, 11) is 1.69. The number of carbonyl (C=O) groups excluding carboxylic acids is 1. The molecule has 0 radical (unpaired) electrons. The predicted molar refractivity (Wildman–Crippen MR) is 101 cm³/mol. The molecule has 1 heterocycles. The van der Waals surface area contributed by atoms with Gasteiger partial charge in [0.05, 0.1) is 18.3 Å². The predicted octanol–water partition coefficient (Wildman–Crippen LogP) is 4.02. The summed E-state index contributed by atoms with van der Waals surface area (Å²) in [4.78, 5) is 17.8. The summed E-state index contributed by atoms with van der Waals surface area (Å²) in [5.74, 6) is 1.01. The second-order valence-corrected chi connectivity index (χ2v) is 7.79. The van der Waals surface area contributed by atoms with Crippen LogP contribution in [0.3, 0.4) is 0 Å². The van der Waals surface area contributed by atoms with Gasteiger partial charge in [0.25, 0.3) is 0 Å². The van der Waals surface area contributed by atoms with Gasteiger partial charge in [-0.2, -0.15) is 0 Å². The Hall–Kier alpha value is -1.88. The number of amides is 1. The summed E-state index contributed by atoms with van der Waals surface area (Å²) in [6, 6.07) is 8.33. The van der Waals surface area contributed by atoms with Gasteiger partial charge < -0.3 is 10.1 Å². The molecule has 0 aliphatic heterocycles. The Kier molecular flexibility index (Phi) is 5.74. The number of nitrogens with zero attached hydrogens (tertiary/aromatic N) is 1. The summed E-state index contributed by atoms with van der Waals surface area (Å²) < 4.78 is 5.27. The highest BCUT2D eigenvalue weighted by Gasteiger charge is 2.35. The van der Waals surface area contributed by atoms with E-state index in [1.807, 2.05) is 24.6 Å². The van der Waals surface area contributed by atoms with E-state index in [0.29, 0.717) is 6.42 Å². The van der Waals surface area contributed by atoms with E-state index in [0.717, 1.165) is 37.3 Å². The van der Waals surface area contributed by atoms with Crippen LogP contribution in [0.15, 0.2) is 29.8 Å². The normalized spacial score (nSPS) is 15.9. The number of hydrogen-bond acceptors (Lipinski definition) is 4. The molecule has 1 aromatic heterocycles. The minimum absolute atomic E-state index is 0.0718. The van der Waals surface area contributed by atoms with E-state index in [2.05, 4.69) is 22.4 Å². The van der Waals surface area contributed by atoms with Crippen LogP contribution in [0, 0.1) is 6.92 Å². The lowest BCUT2D eigenvalue weighted by molar-refractivity contribution is -0.121. The number of methoxy groups -OCH3 is 1. The number of rotatable bonds is 7. The lowest BCUT2D eigenvalue weighted by atomic mass is 9.78. The molecule has 3 rings (SSSR count). The average molecular weight is 359 g/mol. The van der Waals surface area contributed by atoms with Crippen molar-refractivity contribution in [3.63, 3.8) is 0 Å². The smallest absolute Gasteiger partial charge is 0.220 e. The van der Waals surface area contributed by atoms with Crippen molar-refractivity contribution >= 4 is 17.2 Å². The minimum atomic E-state index is 0.0718. The molecule has 1 fully saturated rings. The van der Waals surface area contributed by atoms with Gasteiger partial charge in [-0.05, 0) is 43.9 Å². The van der Waals surface area contributed by atoms with Gasteiger partial charge in [0.1, 0.15) is 5.75 Å². The first-order valence-electron chi connectivity index (χ1n) is 8.93.